The van der Waals surface area contributed by atoms with E-state index in [2.05, 4.69) is 11.9 Å². The van der Waals surface area contributed by atoms with Crippen LogP contribution in [-0.4, -0.2) is 17.9 Å². The molecular formula is C16H15NO2S. The van der Waals surface area contributed by atoms with Crippen LogP contribution in [0.1, 0.15) is 27.0 Å². The normalized spacial score (nSPS) is 10.9. The second kappa shape index (κ2) is 5.13. The number of carbonyl (C=O) groups is 1. The summed E-state index contributed by atoms with van der Waals surface area (Å²) in [6.07, 6.45) is 2.73. The Bertz CT molecular complexity index is 770. The Morgan fingerprint density at radius 2 is 2.15 bits per heavy atom. The lowest BCUT2D eigenvalue weighted by atomic mass is 10.1. The van der Waals surface area contributed by atoms with Gasteiger partial charge >= 0.3 is 0 Å². The first kappa shape index (κ1) is 12.9. The summed E-state index contributed by atoms with van der Waals surface area (Å²) in [5, 5.41) is 0.904. The first-order chi connectivity index (χ1) is 9.72. The van der Waals surface area contributed by atoms with E-state index in [4.69, 9.17) is 4.74 Å². The Hall–Kier alpha value is -2.07. The zero-order valence-electron chi connectivity index (χ0n) is 11.4. The van der Waals surface area contributed by atoms with Gasteiger partial charge in [-0.3, -0.25) is 4.79 Å². The zero-order valence-corrected chi connectivity index (χ0v) is 12.2. The summed E-state index contributed by atoms with van der Waals surface area (Å²) in [6.45, 7) is 2.09. The average molecular weight is 285 g/mol. The number of aromatic nitrogens is 1. The minimum absolute atomic E-state index is 0.0641. The second-order valence-corrected chi connectivity index (χ2v) is 5.73. The first-order valence-electron chi connectivity index (χ1n) is 6.51. The van der Waals surface area contributed by atoms with Crippen LogP contribution in [0.3, 0.4) is 0 Å². The molecule has 2 heterocycles. The monoisotopic (exact) mass is 285 g/mol. The molecule has 1 N–H and O–H groups in total. The average Bonchev–Trinajstić information content (AvgIpc) is 3.12. The number of hydrogen-bond acceptors (Lipinski definition) is 3. The summed E-state index contributed by atoms with van der Waals surface area (Å²) >= 11 is 1.56. The molecule has 0 saturated carbocycles. The molecule has 0 aliphatic carbocycles. The molecule has 0 radical (unpaired) electrons. The number of thiophene rings is 1. The van der Waals surface area contributed by atoms with Gasteiger partial charge in [0, 0.05) is 27.5 Å². The summed E-state index contributed by atoms with van der Waals surface area (Å²) in [6, 6.07) is 9.63. The molecule has 3 aromatic rings. The van der Waals surface area contributed by atoms with Crippen molar-refractivity contribution < 1.29 is 9.53 Å². The molecule has 0 bridgehead atoms. The number of hydrogen-bond donors (Lipinski definition) is 1. The topological polar surface area (TPSA) is 42.1 Å². The third-order valence-electron chi connectivity index (χ3n) is 3.37. The van der Waals surface area contributed by atoms with Gasteiger partial charge in [0.05, 0.1) is 12.0 Å². The minimum Gasteiger partial charge on any atom is -0.497 e. The molecular weight excluding hydrogens is 270 g/mol. The molecule has 1 aromatic carbocycles. The van der Waals surface area contributed by atoms with Crippen molar-refractivity contribution in [1.82, 2.24) is 4.98 Å². The van der Waals surface area contributed by atoms with Gasteiger partial charge in [-0.05, 0) is 36.8 Å². The van der Waals surface area contributed by atoms with Crippen molar-refractivity contribution in [3.63, 3.8) is 0 Å². The lowest BCUT2D eigenvalue weighted by molar-refractivity contribution is 0.104. The SMILES string of the molecule is CCc1ccc(C(=O)c2c[nH]c3ccc(OC)cc23)s1. The fourth-order valence-electron chi connectivity index (χ4n) is 2.24. The predicted octanol–water partition coefficient (Wildman–Crippen LogP) is 4.03. The number of fused-ring (bicyclic) bond motifs is 1. The number of ether oxygens (including phenoxy) is 1. The van der Waals surface area contributed by atoms with Crippen LogP contribution in [0.25, 0.3) is 10.9 Å². The van der Waals surface area contributed by atoms with Crippen molar-refractivity contribution >= 4 is 28.0 Å². The number of rotatable bonds is 4. The highest BCUT2D eigenvalue weighted by Crippen LogP contribution is 2.27. The number of methoxy groups -OCH3 is 1. The van der Waals surface area contributed by atoms with Crippen LogP contribution in [0.2, 0.25) is 0 Å². The number of ketones is 1. The van der Waals surface area contributed by atoms with E-state index in [0.717, 1.165) is 28.0 Å². The van der Waals surface area contributed by atoms with Crippen LogP contribution in [0, 0.1) is 0 Å². The van der Waals surface area contributed by atoms with Gasteiger partial charge in [0.1, 0.15) is 5.75 Å². The van der Waals surface area contributed by atoms with E-state index in [0.29, 0.717) is 5.56 Å². The van der Waals surface area contributed by atoms with Gasteiger partial charge in [-0.2, -0.15) is 0 Å². The van der Waals surface area contributed by atoms with Crippen molar-refractivity contribution in [3.8, 4) is 5.75 Å². The summed E-state index contributed by atoms with van der Waals surface area (Å²) in [5.41, 5.74) is 1.64. The summed E-state index contributed by atoms with van der Waals surface area (Å²) in [5.74, 6) is 0.820. The lowest BCUT2D eigenvalue weighted by Crippen LogP contribution is -1.97. The van der Waals surface area contributed by atoms with Crippen LogP contribution < -0.4 is 4.74 Å². The van der Waals surface area contributed by atoms with Gasteiger partial charge < -0.3 is 9.72 Å². The van der Waals surface area contributed by atoms with E-state index < -0.39 is 0 Å². The summed E-state index contributed by atoms with van der Waals surface area (Å²) in [7, 11) is 1.63. The number of H-pyrrole nitrogens is 1. The Labute approximate surface area is 121 Å². The molecule has 0 amide bonds. The van der Waals surface area contributed by atoms with E-state index in [1.54, 1.807) is 24.6 Å². The van der Waals surface area contributed by atoms with Crippen LogP contribution in [0.5, 0.6) is 5.75 Å². The van der Waals surface area contributed by atoms with Gasteiger partial charge in [-0.25, -0.2) is 0 Å². The maximum atomic E-state index is 12.6. The lowest BCUT2D eigenvalue weighted by Gasteiger charge is -2.00. The van der Waals surface area contributed by atoms with Gasteiger partial charge in [-0.15, -0.1) is 11.3 Å². The quantitative estimate of drug-likeness (QED) is 0.735. The molecule has 0 saturated heterocycles. The zero-order chi connectivity index (χ0) is 14.1. The number of carbonyl (C=O) groups excluding carboxylic acids is 1. The summed E-state index contributed by atoms with van der Waals surface area (Å²) in [4.78, 5) is 17.7. The van der Waals surface area contributed by atoms with Crippen molar-refractivity contribution in [2.24, 2.45) is 0 Å². The third kappa shape index (κ3) is 2.12. The maximum absolute atomic E-state index is 12.6. The standard InChI is InChI=1S/C16H15NO2S/c1-3-11-5-7-15(20-11)16(18)13-9-17-14-6-4-10(19-2)8-12(13)14/h4-9,17H,3H2,1-2H3. The predicted molar refractivity (Wildman–Crippen MR) is 82.0 cm³/mol. The molecule has 0 fully saturated rings. The van der Waals surface area contributed by atoms with E-state index in [-0.39, 0.29) is 5.78 Å². The first-order valence-corrected chi connectivity index (χ1v) is 7.33. The molecule has 0 aliphatic rings. The Balaban J connectivity index is 2.06. The molecule has 4 heteroatoms. The van der Waals surface area contributed by atoms with Crippen molar-refractivity contribution in [2.75, 3.05) is 7.11 Å². The Morgan fingerprint density at radius 1 is 1.30 bits per heavy atom. The summed E-state index contributed by atoms with van der Waals surface area (Å²) < 4.78 is 5.23. The van der Waals surface area contributed by atoms with Gasteiger partial charge in [0.15, 0.2) is 0 Å². The number of aromatic amines is 1. The van der Waals surface area contributed by atoms with Crippen LogP contribution in [0.15, 0.2) is 36.5 Å². The van der Waals surface area contributed by atoms with E-state index in [1.165, 1.54) is 4.88 Å². The fraction of sp³-hybridized carbons (Fsp3) is 0.188. The smallest absolute Gasteiger partial charge is 0.205 e. The molecule has 20 heavy (non-hydrogen) atoms. The van der Waals surface area contributed by atoms with Crippen LogP contribution >= 0.6 is 11.3 Å². The van der Waals surface area contributed by atoms with E-state index >= 15 is 0 Å². The van der Waals surface area contributed by atoms with Crippen LogP contribution in [0.4, 0.5) is 0 Å². The highest BCUT2D eigenvalue weighted by atomic mass is 32.1. The number of nitrogens with one attached hydrogen (secondary N) is 1. The van der Waals surface area contributed by atoms with Gasteiger partial charge in [-0.1, -0.05) is 6.92 Å². The maximum Gasteiger partial charge on any atom is 0.205 e. The Morgan fingerprint density at radius 3 is 2.85 bits per heavy atom. The molecule has 102 valence electrons. The molecule has 2 aromatic heterocycles. The molecule has 3 nitrogen and oxygen atoms in total. The van der Waals surface area contributed by atoms with Crippen molar-refractivity contribution in [2.45, 2.75) is 13.3 Å². The number of benzene rings is 1. The molecule has 0 aliphatic heterocycles. The molecule has 0 unspecified atom stereocenters. The van der Waals surface area contributed by atoms with Crippen molar-refractivity contribution in [1.29, 1.82) is 0 Å². The fourth-order valence-corrected chi connectivity index (χ4v) is 3.14. The highest BCUT2D eigenvalue weighted by Gasteiger charge is 2.16. The van der Waals surface area contributed by atoms with Crippen molar-refractivity contribution in [3.05, 3.63) is 51.8 Å². The molecule has 0 spiro atoms. The van der Waals surface area contributed by atoms with E-state index in [9.17, 15) is 4.79 Å². The third-order valence-corrected chi connectivity index (χ3v) is 4.60. The second-order valence-electron chi connectivity index (χ2n) is 4.56. The van der Waals surface area contributed by atoms with Gasteiger partial charge in [0.2, 0.25) is 5.78 Å². The molecule has 0 atom stereocenters. The highest BCUT2D eigenvalue weighted by molar-refractivity contribution is 7.14. The Kier molecular flexibility index (Phi) is 3.32. The van der Waals surface area contributed by atoms with E-state index in [1.807, 2.05) is 30.3 Å². The molecule has 3 rings (SSSR count). The largest absolute Gasteiger partial charge is 0.497 e. The van der Waals surface area contributed by atoms with Gasteiger partial charge in [0.25, 0.3) is 0 Å². The van der Waals surface area contributed by atoms with Crippen LogP contribution in [-0.2, 0) is 6.42 Å². The number of aryl methyl sites for hydroxylation is 1. The minimum atomic E-state index is 0.0641.